The van der Waals surface area contributed by atoms with Gasteiger partial charge in [0, 0.05) is 43.9 Å². The summed E-state index contributed by atoms with van der Waals surface area (Å²) in [7, 11) is 3.47. The summed E-state index contributed by atoms with van der Waals surface area (Å²) in [6.45, 7) is 2.94. The number of aryl methyl sites for hydroxylation is 1. The molecule has 1 saturated heterocycles. The number of likely N-dealkylation sites (tertiary alicyclic amines) is 1. The molecular formula is C30H38F2N6O3S. The molecule has 2 fully saturated rings. The van der Waals surface area contributed by atoms with Crippen LogP contribution in [0.4, 0.5) is 14.6 Å². The van der Waals surface area contributed by atoms with Crippen molar-refractivity contribution in [2.45, 2.75) is 58.7 Å². The summed E-state index contributed by atoms with van der Waals surface area (Å²) in [5.41, 5.74) is 3.28. The number of β-amino-alcohol motifs (C(OH)–C–C–N with tert-alkyl or cyclic N) is 1. The van der Waals surface area contributed by atoms with E-state index in [-0.39, 0.29) is 11.7 Å². The average Bonchev–Trinajstić information content (AvgIpc) is 3.67. The number of aliphatic hydroxyl groups excluding tert-OH is 1. The summed E-state index contributed by atoms with van der Waals surface area (Å²) in [6.07, 6.45) is 4.76. The Labute approximate surface area is 248 Å². The first kappa shape index (κ1) is 30.1. The molecule has 6 rings (SSSR count). The van der Waals surface area contributed by atoms with Crippen LogP contribution in [0.5, 0.6) is 5.75 Å². The van der Waals surface area contributed by atoms with Gasteiger partial charge >= 0.3 is 6.55 Å². The molecule has 42 heavy (non-hydrogen) atoms. The van der Waals surface area contributed by atoms with Crippen LogP contribution in [-0.2, 0) is 13.6 Å². The highest BCUT2D eigenvalue weighted by atomic mass is 32.2. The number of carbonyl (C=O) groups excluding carboxylic acids is 1. The van der Waals surface area contributed by atoms with Gasteiger partial charge < -0.3 is 23.9 Å². The summed E-state index contributed by atoms with van der Waals surface area (Å²) in [5.74, 6) is 1.73. The van der Waals surface area contributed by atoms with Gasteiger partial charge in [0.15, 0.2) is 5.82 Å². The van der Waals surface area contributed by atoms with Gasteiger partial charge in [-0.15, -0.1) is 0 Å². The number of methoxy groups -OCH3 is 1. The number of fused-ring (bicyclic) bond motifs is 2. The lowest BCUT2D eigenvalue weighted by molar-refractivity contribution is 0.0473. The van der Waals surface area contributed by atoms with E-state index in [1.807, 2.05) is 37.6 Å². The highest BCUT2D eigenvalue weighted by Gasteiger charge is 2.29. The van der Waals surface area contributed by atoms with Gasteiger partial charge in [-0.25, -0.2) is 14.3 Å². The Morgan fingerprint density at radius 1 is 1.19 bits per heavy atom. The summed E-state index contributed by atoms with van der Waals surface area (Å²) in [5, 5.41) is 10.9. The monoisotopic (exact) mass is 600 g/mol. The third kappa shape index (κ3) is 5.66. The van der Waals surface area contributed by atoms with Gasteiger partial charge in [0.25, 0.3) is 5.91 Å². The van der Waals surface area contributed by atoms with Gasteiger partial charge in [-0.05, 0) is 73.9 Å². The van der Waals surface area contributed by atoms with E-state index in [0.717, 1.165) is 52.1 Å². The molecule has 9 nitrogen and oxygen atoms in total. The molecule has 1 N–H and O–H groups in total. The van der Waals surface area contributed by atoms with Crippen molar-refractivity contribution in [2.24, 2.45) is 13.0 Å². The molecule has 1 amide bonds. The van der Waals surface area contributed by atoms with Crippen LogP contribution >= 0.6 is 11.9 Å². The van der Waals surface area contributed by atoms with E-state index in [9.17, 15) is 18.7 Å². The normalized spacial score (nSPS) is 17.1. The van der Waals surface area contributed by atoms with Crippen molar-refractivity contribution >= 4 is 45.7 Å². The Balaban J connectivity index is 0.00000173. The molecule has 1 atom stereocenters. The van der Waals surface area contributed by atoms with Crippen LogP contribution in [0.15, 0.2) is 30.3 Å². The number of rotatable bonds is 8. The minimum absolute atomic E-state index is 0.164. The number of aliphatic hydroxyl groups is 1. The van der Waals surface area contributed by atoms with E-state index in [2.05, 4.69) is 9.55 Å². The number of anilines is 1. The zero-order chi connectivity index (χ0) is 30.1. The number of alkyl halides is 2. The number of benzene rings is 1. The Kier molecular flexibility index (Phi) is 8.93. The molecule has 0 radical (unpaired) electrons. The standard InChI is InChI=1S/C28H32F2N6O3S.C2H6/c1-33-24-20(11-18(13-22(24)39-2)27(38)34-10-4-5-19(37)15-34)31-26(33)21-12-17-8-9-23(36(40-3)28(29)30)32-25(17)35(21)14-16-6-7-16;1-2/h8-9,11-13,16,19,28,37H,4-7,10,14-15H2,1-3H3;1-2H3. The highest BCUT2D eigenvalue weighted by Crippen LogP contribution is 2.38. The molecule has 226 valence electrons. The molecule has 0 spiro atoms. The molecule has 3 aromatic heterocycles. The fourth-order valence-electron chi connectivity index (χ4n) is 5.58. The van der Waals surface area contributed by atoms with Crippen LogP contribution in [0.1, 0.15) is 49.9 Å². The largest absolute Gasteiger partial charge is 0.494 e. The molecule has 4 heterocycles. The lowest BCUT2D eigenvalue weighted by Crippen LogP contribution is -2.42. The molecule has 2 aliphatic rings. The maximum Gasteiger partial charge on any atom is 0.325 e. The maximum absolute atomic E-state index is 13.6. The first-order valence-corrected chi connectivity index (χ1v) is 15.6. The molecule has 1 aliphatic heterocycles. The zero-order valence-electron chi connectivity index (χ0n) is 24.7. The predicted molar refractivity (Wildman–Crippen MR) is 163 cm³/mol. The maximum atomic E-state index is 13.6. The summed E-state index contributed by atoms with van der Waals surface area (Å²) < 4.78 is 37.9. The minimum Gasteiger partial charge on any atom is -0.494 e. The number of piperidine rings is 1. The fraction of sp³-hybridized carbons (Fsp3) is 0.500. The zero-order valence-corrected chi connectivity index (χ0v) is 25.5. The van der Waals surface area contributed by atoms with Gasteiger partial charge in [-0.2, -0.15) is 8.78 Å². The van der Waals surface area contributed by atoms with Gasteiger partial charge in [-0.3, -0.25) is 4.79 Å². The lowest BCUT2D eigenvalue weighted by Gasteiger charge is -2.30. The van der Waals surface area contributed by atoms with Crippen molar-refractivity contribution in [3.05, 3.63) is 35.9 Å². The third-order valence-corrected chi connectivity index (χ3v) is 8.52. The molecule has 4 aromatic rings. The number of nitrogens with zero attached hydrogens (tertiary/aromatic N) is 6. The number of imidazole rings is 1. The van der Waals surface area contributed by atoms with Crippen LogP contribution in [0.3, 0.4) is 0 Å². The lowest BCUT2D eigenvalue weighted by atomic mass is 10.1. The van der Waals surface area contributed by atoms with Crippen LogP contribution in [0.2, 0.25) is 0 Å². The smallest absolute Gasteiger partial charge is 0.325 e. The Bertz CT molecular complexity index is 1580. The van der Waals surface area contributed by atoms with Crippen molar-refractivity contribution in [3.63, 3.8) is 0 Å². The number of pyridine rings is 1. The van der Waals surface area contributed by atoms with E-state index in [1.54, 1.807) is 36.5 Å². The van der Waals surface area contributed by atoms with Gasteiger partial charge in [0.2, 0.25) is 0 Å². The average molecular weight is 601 g/mol. The van der Waals surface area contributed by atoms with E-state index in [0.29, 0.717) is 60.3 Å². The van der Waals surface area contributed by atoms with E-state index in [1.165, 1.54) is 0 Å². The molecule has 12 heteroatoms. The predicted octanol–water partition coefficient (Wildman–Crippen LogP) is 5.94. The number of halogens is 2. The number of ether oxygens (including phenoxy) is 1. The number of aromatic nitrogens is 4. The van der Waals surface area contributed by atoms with Crippen LogP contribution in [0.25, 0.3) is 33.6 Å². The number of hydrogen-bond acceptors (Lipinski definition) is 7. The van der Waals surface area contributed by atoms with Gasteiger partial charge in [0.05, 0.1) is 24.4 Å². The van der Waals surface area contributed by atoms with Crippen molar-refractivity contribution < 1.29 is 23.4 Å². The molecule has 1 unspecified atom stereocenters. The molecule has 1 saturated carbocycles. The molecule has 1 aromatic carbocycles. The summed E-state index contributed by atoms with van der Waals surface area (Å²) in [4.78, 5) is 24.6. The SMILES string of the molecule is CC.COc1cc(C(=O)N2CCCC(O)C2)cc2nc(-c3cc4ccc(N(SC)C(F)F)nc4n3CC3CC3)n(C)c12. The number of hydrogen-bond donors (Lipinski definition) is 1. The third-order valence-electron chi connectivity index (χ3n) is 7.78. The Morgan fingerprint density at radius 3 is 2.60 bits per heavy atom. The first-order chi connectivity index (χ1) is 20.3. The quantitative estimate of drug-likeness (QED) is 0.198. The van der Waals surface area contributed by atoms with Crippen LogP contribution in [0, 0.1) is 5.92 Å². The highest BCUT2D eigenvalue weighted by molar-refractivity contribution is 7.99. The summed E-state index contributed by atoms with van der Waals surface area (Å²) in [6, 6.07) is 8.93. The molecule has 0 bridgehead atoms. The fourth-order valence-corrected chi connectivity index (χ4v) is 6.03. The van der Waals surface area contributed by atoms with E-state index >= 15 is 0 Å². The van der Waals surface area contributed by atoms with E-state index in [4.69, 9.17) is 9.72 Å². The second-order valence-electron chi connectivity index (χ2n) is 10.5. The second kappa shape index (κ2) is 12.5. The molecular weight excluding hydrogens is 562 g/mol. The Hall–Kier alpha value is -3.38. The van der Waals surface area contributed by atoms with Gasteiger partial charge in [0.1, 0.15) is 22.7 Å². The topological polar surface area (TPSA) is 88.7 Å². The molecule has 1 aliphatic carbocycles. The second-order valence-corrected chi connectivity index (χ2v) is 11.3. The number of carbonyl (C=O) groups is 1. The van der Waals surface area contributed by atoms with E-state index < -0.39 is 12.7 Å². The van der Waals surface area contributed by atoms with Crippen molar-refractivity contribution in [1.29, 1.82) is 0 Å². The first-order valence-electron chi connectivity index (χ1n) is 14.4. The van der Waals surface area contributed by atoms with Crippen molar-refractivity contribution in [2.75, 3.05) is 30.8 Å². The number of amides is 1. The summed E-state index contributed by atoms with van der Waals surface area (Å²) >= 11 is 0.935. The van der Waals surface area contributed by atoms with Crippen LogP contribution in [-0.4, -0.2) is 74.1 Å². The minimum atomic E-state index is -2.68. The van der Waals surface area contributed by atoms with Crippen molar-refractivity contribution in [1.82, 2.24) is 24.0 Å². The van der Waals surface area contributed by atoms with Crippen LogP contribution < -0.4 is 9.04 Å². The van der Waals surface area contributed by atoms with Gasteiger partial charge in [-0.1, -0.05) is 13.8 Å². The van der Waals surface area contributed by atoms with Crippen molar-refractivity contribution in [3.8, 4) is 17.3 Å². The Morgan fingerprint density at radius 2 is 1.95 bits per heavy atom.